The van der Waals surface area contributed by atoms with E-state index in [1.54, 1.807) is 18.2 Å². The molecule has 12 heteroatoms. The molecule has 0 saturated heterocycles. The first-order chi connectivity index (χ1) is 23.2. The molecule has 7 N–H and O–H groups in total. The summed E-state index contributed by atoms with van der Waals surface area (Å²) in [5.41, 5.74) is 17.6. The molecule has 50 heavy (non-hydrogen) atoms. The van der Waals surface area contributed by atoms with E-state index in [9.17, 15) is 9.59 Å². The van der Waals surface area contributed by atoms with Crippen LogP contribution < -0.4 is 32.0 Å². The molecule has 1 saturated carbocycles. The third-order valence-electron chi connectivity index (χ3n) is 9.57. The maximum atomic E-state index is 14.1. The van der Waals surface area contributed by atoms with Crippen molar-refractivity contribution in [3.05, 3.63) is 42.0 Å². The van der Waals surface area contributed by atoms with Crippen molar-refractivity contribution in [2.75, 3.05) is 5.32 Å². The number of hydrogen-bond donors (Lipinski definition) is 4. The Balaban J connectivity index is 1.47. The lowest BCUT2D eigenvalue weighted by Gasteiger charge is -2.44. The van der Waals surface area contributed by atoms with Crippen LogP contribution in [0.15, 0.2) is 46.4 Å². The molecule has 1 fully saturated rings. The SMILES string of the molecule is CC1Oc2ccc(NC(C)(C(=O)OC(C)(C)C)C3CCCC(CC(N)(C(=O)OC(C)(C)C)c4ccc5c(c4)N=C(N)C(C)O5)C3)cc2N=C1N. The Kier molecular flexibility index (Phi) is 9.92. The predicted molar refractivity (Wildman–Crippen MR) is 195 cm³/mol. The fourth-order valence-electron chi connectivity index (χ4n) is 6.87. The number of hydrogen-bond acceptors (Lipinski definition) is 12. The fourth-order valence-corrected chi connectivity index (χ4v) is 6.87. The van der Waals surface area contributed by atoms with E-state index in [-0.39, 0.29) is 30.0 Å². The van der Waals surface area contributed by atoms with Crippen LogP contribution in [0, 0.1) is 11.8 Å². The highest BCUT2D eigenvalue weighted by Crippen LogP contribution is 2.45. The molecule has 1 aliphatic carbocycles. The van der Waals surface area contributed by atoms with Gasteiger partial charge in [-0.15, -0.1) is 0 Å². The van der Waals surface area contributed by atoms with E-state index in [1.165, 1.54) is 0 Å². The smallest absolute Gasteiger partial charge is 0.332 e. The van der Waals surface area contributed by atoms with E-state index >= 15 is 0 Å². The second-order valence-corrected chi connectivity index (χ2v) is 16.2. The summed E-state index contributed by atoms with van der Waals surface area (Å²) in [5.74, 6) is 0.809. The van der Waals surface area contributed by atoms with Gasteiger partial charge in [-0.05, 0) is 129 Å². The van der Waals surface area contributed by atoms with Crippen LogP contribution in [0.4, 0.5) is 17.1 Å². The van der Waals surface area contributed by atoms with Crippen molar-refractivity contribution in [2.45, 2.75) is 129 Å². The molecule has 0 radical (unpaired) electrons. The summed E-state index contributed by atoms with van der Waals surface area (Å²) in [6.07, 6.45) is 2.63. The van der Waals surface area contributed by atoms with Crippen molar-refractivity contribution in [3.63, 3.8) is 0 Å². The van der Waals surface area contributed by atoms with Gasteiger partial charge in [0.1, 0.15) is 56.8 Å². The highest BCUT2D eigenvalue weighted by atomic mass is 16.6. The van der Waals surface area contributed by atoms with Crippen LogP contribution in [0.2, 0.25) is 0 Å². The zero-order valence-corrected chi connectivity index (χ0v) is 30.9. The van der Waals surface area contributed by atoms with E-state index < -0.39 is 28.2 Å². The minimum Gasteiger partial charge on any atom is -0.481 e. The Bertz CT molecular complexity index is 1690. The first-order valence-corrected chi connectivity index (χ1v) is 17.5. The molecule has 2 aliphatic heterocycles. The lowest BCUT2D eigenvalue weighted by Crippen LogP contribution is -2.55. The van der Waals surface area contributed by atoms with Crippen molar-refractivity contribution in [2.24, 2.45) is 39.0 Å². The minimum atomic E-state index is -1.51. The molecule has 6 unspecified atom stereocenters. The Morgan fingerprint density at radius 1 is 0.820 bits per heavy atom. The first kappa shape index (κ1) is 36.9. The Morgan fingerprint density at radius 3 is 1.94 bits per heavy atom. The fraction of sp³-hybridized carbons (Fsp3) is 0.579. The normalized spacial score (nSPS) is 24.4. The molecule has 272 valence electrons. The van der Waals surface area contributed by atoms with Crippen LogP contribution in [-0.4, -0.2) is 52.6 Å². The highest BCUT2D eigenvalue weighted by molar-refractivity contribution is 5.91. The molecular weight excluding hydrogens is 636 g/mol. The minimum absolute atomic E-state index is 0.0291. The number of rotatable bonds is 8. The quantitative estimate of drug-likeness (QED) is 0.235. The van der Waals surface area contributed by atoms with Gasteiger partial charge in [-0.25, -0.2) is 19.6 Å². The van der Waals surface area contributed by atoms with Crippen molar-refractivity contribution in [3.8, 4) is 11.5 Å². The number of nitrogens with one attached hydrogen (secondary N) is 1. The largest absolute Gasteiger partial charge is 0.481 e. The number of nitrogens with two attached hydrogens (primary N) is 3. The molecule has 2 heterocycles. The van der Waals surface area contributed by atoms with Crippen molar-refractivity contribution < 1.29 is 28.5 Å². The summed E-state index contributed by atoms with van der Waals surface area (Å²) in [7, 11) is 0. The second kappa shape index (κ2) is 13.4. The van der Waals surface area contributed by atoms with Crippen molar-refractivity contribution in [1.29, 1.82) is 0 Å². The number of aliphatic imine (C=N–C) groups is 2. The summed E-state index contributed by atoms with van der Waals surface area (Å²) in [5, 5.41) is 3.53. The summed E-state index contributed by atoms with van der Waals surface area (Å²) < 4.78 is 23.8. The molecule has 3 aliphatic rings. The number of esters is 2. The zero-order valence-electron chi connectivity index (χ0n) is 30.9. The van der Waals surface area contributed by atoms with Gasteiger partial charge in [0.25, 0.3) is 0 Å². The number of ether oxygens (including phenoxy) is 4. The maximum absolute atomic E-state index is 14.1. The molecule has 0 spiro atoms. The standard InChI is InChI=1S/C38H54N6O6/c1-21-31(39)42-27-18-25(13-15-29(27)47-21)38(41,34(46)50-36(6,7)8)20-23-11-10-12-24(17-23)37(9,33(45)49-35(3,4)5)44-26-14-16-30-28(19-26)43-32(40)22(2)48-30/h13-16,18-19,21-24,44H,10-12,17,20,41H2,1-9H3,(H2,39,42)(H2,40,43). The van der Waals surface area contributed by atoms with Gasteiger partial charge in [0.05, 0.1) is 0 Å². The van der Waals surface area contributed by atoms with Crippen LogP contribution in [0.25, 0.3) is 0 Å². The van der Waals surface area contributed by atoms with Crippen molar-refractivity contribution in [1.82, 2.24) is 0 Å². The topological polar surface area (TPSA) is 186 Å². The molecule has 0 amide bonds. The summed E-state index contributed by atoms with van der Waals surface area (Å²) in [6.45, 7) is 16.6. The van der Waals surface area contributed by atoms with E-state index in [4.69, 9.17) is 36.1 Å². The number of carbonyl (C=O) groups excluding carboxylic acids is 2. The number of amidine groups is 2. The molecular formula is C38H54N6O6. The number of nitrogens with zero attached hydrogens (tertiary/aromatic N) is 2. The van der Waals surface area contributed by atoms with Crippen LogP contribution >= 0.6 is 0 Å². The number of benzene rings is 2. The maximum Gasteiger partial charge on any atom is 0.332 e. The highest BCUT2D eigenvalue weighted by Gasteiger charge is 2.49. The average molecular weight is 691 g/mol. The lowest BCUT2D eigenvalue weighted by molar-refractivity contribution is -0.165. The Morgan fingerprint density at radius 2 is 1.36 bits per heavy atom. The number of anilines is 1. The van der Waals surface area contributed by atoms with E-state index in [0.717, 1.165) is 19.3 Å². The molecule has 12 nitrogen and oxygen atoms in total. The van der Waals surface area contributed by atoms with Crippen molar-refractivity contribution >= 4 is 40.7 Å². The van der Waals surface area contributed by atoms with Gasteiger partial charge >= 0.3 is 11.9 Å². The van der Waals surface area contributed by atoms with Gasteiger partial charge in [-0.1, -0.05) is 18.9 Å². The Hall–Kier alpha value is -4.32. The third-order valence-corrected chi connectivity index (χ3v) is 9.57. The van der Waals surface area contributed by atoms with Gasteiger partial charge in [-0.3, -0.25) is 0 Å². The van der Waals surface area contributed by atoms with E-state index in [2.05, 4.69) is 15.3 Å². The molecule has 2 aromatic rings. The van der Waals surface area contributed by atoms with Gasteiger partial charge in [0.15, 0.2) is 12.2 Å². The van der Waals surface area contributed by atoms with Crippen LogP contribution in [0.5, 0.6) is 11.5 Å². The molecule has 0 aromatic heterocycles. The van der Waals surface area contributed by atoms with Gasteiger partial charge in [0.2, 0.25) is 0 Å². The third kappa shape index (κ3) is 8.01. The first-order valence-electron chi connectivity index (χ1n) is 17.5. The van der Waals surface area contributed by atoms with Crippen LogP contribution in [-0.2, 0) is 24.6 Å². The van der Waals surface area contributed by atoms with Crippen LogP contribution in [0.3, 0.4) is 0 Å². The Labute approximate surface area is 295 Å². The van der Waals surface area contributed by atoms with E-state index in [1.807, 2.05) is 80.5 Å². The molecule has 2 aromatic carbocycles. The lowest BCUT2D eigenvalue weighted by atomic mass is 9.68. The molecule has 5 rings (SSSR count). The predicted octanol–water partition coefficient (Wildman–Crippen LogP) is 6.13. The van der Waals surface area contributed by atoms with Gasteiger partial charge < -0.3 is 41.5 Å². The summed E-state index contributed by atoms with van der Waals surface area (Å²) in [6, 6.07) is 10.9. The van der Waals surface area contributed by atoms with Gasteiger partial charge in [-0.2, -0.15) is 0 Å². The number of fused-ring (bicyclic) bond motifs is 2. The molecule has 0 bridgehead atoms. The average Bonchev–Trinajstić information content (AvgIpc) is 3.00. The van der Waals surface area contributed by atoms with E-state index in [0.29, 0.717) is 58.6 Å². The van der Waals surface area contributed by atoms with Gasteiger partial charge in [0, 0.05) is 5.69 Å². The monoisotopic (exact) mass is 690 g/mol. The zero-order chi connectivity index (χ0) is 36.8. The van der Waals surface area contributed by atoms with Crippen LogP contribution in [0.1, 0.15) is 100.0 Å². The number of carbonyl (C=O) groups is 2. The molecule has 6 atom stereocenters. The summed E-state index contributed by atoms with van der Waals surface area (Å²) in [4.78, 5) is 37.2. The summed E-state index contributed by atoms with van der Waals surface area (Å²) >= 11 is 0. The second-order valence-electron chi connectivity index (χ2n) is 16.2.